The Morgan fingerprint density at radius 1 is 1.35 bits per heavy atom. The molecule has 1 heteroatoms. The summed E-state index contributed by atoms with van der Waals surface area (Å²) >= 11 is 0. The van der Waals surface area contributed by atoms with E-state index in [0.717, 1.165) is 36.9 Å². The fraction of sp³-hybridized carbons (Fsp3) is 0.938. The van der Waals surface area contributed by atoms with E-state index in [2.05, 4.69) is 34.6 Å². The van der Waals surface area contributed by atoms with Crippen molar-refractivity contribution in [2.45, 2.75) is 60.3 Å². The van der Waals surface area contributed by atoms with Crippen molar-refractivity contribution in [3.05, 3.63) is 0 Å². The maximum Gasteiger partial charge on any atom is 0.120 e. The number of hydrogen-bond acceptors (Lipinski definition) is 1. The first-order valence-corrected chi connectivity index (χ1v) is 7.27. The standard InChI is InChI=1S/C16H28O/c1-11(7-6-8-17)14-9-13-10-16(13,5)12(2)15(14,3)4/h8,11-14H,6-7,9-10H2,1-5H3/t11?,12-,13?,14?,16?/m0/s1. The Bertz CT molecular complexity index is 307. The van der Waals surface area contributed by atoms with Gasteiger partial charge in [-0.2, -0.15) is 0 Å². The minimum atomic E-state index is 0.435. The van der Waals surface area contributed by atoms with E-state index in [9.17, 15) is 4.79 Å². The topological polar surface area (TPSA) is 17.1 Å². The van der Waals surface area contributed by atoms with Gasteiger partial charge in [0.15, 0.2) is 0 Å². The van der Waals surface area contributed by atoms with Crippen LogP contribution in [-0.4, -0.2) is 6.29 Å². The summed E-state index contributed by atoms with van der Waals surface area (Å²) in [6.07, 6.45) is 5.73. The van der Waals surface area contributed by atoms with Gasteiger partial charge in [-0.25, -0.2) is 0 Å². The molecule has 0 spiro atoms. The lowest BCUT2D eigenvalue weighted by atomic mass is 9.55. The normalized spacial score (nSPS) is 44.9. The second-order valence-electron chi connectivity index (χ2n) is 7.51. The van der Waals surface area contributed by atoms with Gasteiger partial charge in [0.2, 0.25) is 0 Å². The molecule has 0 aliphatic heterocycles. The average Bonchev–Trinajstić information content (AvgIpc) is 2.93. The van der Waals surface area contributed by atoms with Crippen molar-refractivity contribution in [2.75, 3.05) is 0 Å². The number of carbonyl (C=O) groups excluding carboxylic acids is 1. The fourth-order valence-corrected chi connectivity index (χ4v) is 4.63. The predicted octanol–water partition coefficient (Wildman–Crippen LogP) is 4.31. The number of aldehydes is 1. The van der Waals surface area contributed by atoms with Crippen LogP contribution in [0.25, 0.3) is 0 Å². The highest BCUT2D eigenvalue weighted by molar-refractivity contribution is 5.49. The molecule has 2 fully saturated rings. The molecule has 17 heavy (non-hydrogen) atoms. The Morgan fingerprint density at radius 2 is 2.00 bits per heavy atom. The monoisotopic (exact) mass is 236 g/mol. The summed E-state index contributed by atoms with van der Waals surface area (Å²) in [4.78, 5) is 10.5. The molecule has 0 bridgehead atoms. The van der Waals surface area contributed by atoms with Crippen LogP contribution in [0.5, 0.6) is 0 Å². The van der Waals surface area contributed by atoms with Gasteiger partial charge in [-0.1, -0.05) is 34.6 Å². The average molecular weight is 236 g/mol. The Balaban J connectivity index is 2.10. The summed E-state index contributed by atoms with van der Waals surface area (Å²) < 4.78 is 0. The highest BCUT2D eigenvalue weighted by Crippen LogP contribution is 2.70. The van der Waals surface area contributed by atoms with Gasteiger partial charge in [0.05, 0.1) is 0 Å². The zero-order valence-electron chi connectivity index (χ0n) is 12.1. The molecular weight excluding hydrogens is 208 g/mol. The zero-order chi connectivity index (χ0) is 12.8. The lowest BCUT2D eigenvalue weighted by Crippen LogP contribution is -2.43. The Morgan fingerprint density at radius 3 is 2.59 bits per heavy atom. The molecule has 0 saturated heterocycles. The molecule has 2 aliphatic carbocycles. The third-order valence-corrected chi connectivity index (χ3v) is 6.48. The molecular formula is C16H28O. The lowest BCUT2D eigenvalue weighted by molar-refractivity contribution is -0.108. The first-order chi connectivity index (χ1) is 7.84. The van der Waals surface area contributed by atoms with Crippen molar-refractivity contribution < 1.29 is 4.79 Å². The smallest absolute Gasteiger partial charge is 0.120 e. The molecule has 2 saturated carbocycles. The molecule has 2 aliphatic rings. The molecule has 5 atom stereocenters. The summed E-state index contributed by atoms with van der Waals surface area (Å²) in [7, 11) is 0. The predicted molar refractivity (Wildman–Crippen MR) is 71.7 cm³/mol. The molecule has 0 radical (unpaired) electrons. The fourth-order valence-electron chi connectivity index (χ4n) is 4.63. The zero-order valence-corrected chi connectivity index (χ0v) is 12.1. The summed E-state index contributed by atoms with van der Waals surface area (Å²) in [6, 6.07) is 0. The minimum absolute atomic E-state index is 0.435. The molecule has 0 aromatic rings. The number of rotatable bonds is 4. The van der Waals surface area contributed by atoms with Crippen molar-refractivity contribution in [3.63, 3.8) is 0 Å². The molecule has 98 valence electrons. The van der Waals surface area contributed by atoms with Crippen molar-refractivity contribution in [1.29, 1.82) is 0 Å². The van der Waals surface area contributed by atoms with Gasteiger partial charge in [-0.3, -0.25) is 0 Å². The molecule has 2 rings (SSSR count). The van der Waals surface area contributed by atoms with Crippen molar-refractivity contribution in [1.82, 2.24) is 0 Å². The van der Waals surface area contributed by atoms with Crippen LogP contribution in [0.4, 0.5) is 0 Å². The SMILES string of the molecule is CC(CCC=O)C1CC2CC2(C)[C@@H](C)C1(C)C. The Kier molecular flexibility index (Phi) is 3.16. The van der Waals surface area contributed by atoms with E-state index in [1.54, 1.807) is 0 Å². The second-order valence-corrected chi connectivity index (χ2v) is 7.51. The summed E-state index contributed by atoms with van der Waals surface area (Å²) in [5.74, 6) is 3.28. The van der Waals surface area contributed by atoms with E-state index in [1.807, 2.05) is 0 Å². The van der Waals surface area contributed by atoms with E-state index in [0.29, 0.717) is 16.7 Å². The van der Waals surface area contributed by atoms with E-state index in [4.69, 9.17) is 0 Å². The van der Waals surface area contributed by atoms with Crippen LogP contribution in [0.3, 0.4) is 0 Å². The maximum absolute atomic E-state index is 10.5. The summed E-state index contributed by atoms with van der Waals surface area (Å²) in [5.41, 5.74) is 1.06. The molecule has 0 aromatic carbocycles. The van der Waals surface area contributed by atoms with Crippen LogP contribution in [0.15, 0.2) is 0 Å². The molecule has 0 aromatic heterocycles. The van der Waals surface area contributed by atoms with Gasteiger partial charge in [0.25, 0.3) is 0 Å². The van der Waals surface area contributed by atoms with Crippen LogP contribution in [-0.2, 0) is 4.79 Å². The minimum Gasteiger partial charge on any atom is -0.303 e. The third-order valence-electron chi connectivity index (χ3n) is 6.48. The maximum atomic E-state index is 10.5. The first kappa shape index (κ1) is 13.1. The Hall–Kier alpha value is -0.330. The number of fused-ring (bicyclic) bond motifs is 1. The third kappa shape index (κ3) is 1.96. The summed E-state index contributed by atoms with van der Waals surface area (Å²) in [5, 5.41) is 0. The van der Waals surface area contributed by atoms with Crippen LogP contribution in [0.1, 0.15) is 60.3 Å². The van der Waals surface area contributed by atoms with Crippen molar-refractivity contribution in [3.8, 4) is 0 Å². The highest BCUT2D eigenvalue weighted by atomic mass is 16.1. The Labute approximate surface area is 106 Å². The van der Waals surface area contributed by atoms with Gasteiger partial charge in [0.1, 0.15) is 6.29 Å². The van der Waals surface area contributed by atoms with E-state index in [-0.39, 0.29) is 0 Å². The second kappa shape index (κ2) is 4.10. The summed E-state index contributed by atoms with van der Waals surface area (Å²) in [6.45, 7) is 12.2. The van der Waals surface area contributed by atoms with E-state index in [1.165, 1.54) is 12.8 Å². The quantitative estimate of drug-likeness (QED) is 0.665. The number of carbonyl (C=O) groups is 1. The van der Waals surface area contributed by atoms with Gasteiger partial charge < -0.3 is 4.79 Å². The molecule has 0 heterocycles. The van der Waals surface area contributed by atoms with Crippen LogP contribution in [0.2, 0.25) is 0 Å². The van der Waals surface area contributed by atoms with Crippen LogP contribution >= 0.6 is 0 Å². The van der Waals surface area contributed by atoms with Gasteiger partial charge >= 0.3 is 0 Å². The lowest BCUT2D eigenvalue weighted by Gasteiger charge is -2.49. The number of hydrogen-bond donors (Lipinski definition) is 0. The molecule has 1 nitrogen and oxygen atoms in total. The molecule has 4 unspecified atom stereocenters. The van der Waals surface area contributed by atoms with Crippen molar-refractivity contribution in [2.24, 2.45) is 34.5 Å². The van der Waals surface area contributed by atoms with Crippen molar-refractivity contribution >= 4 is 6.29 Å². The highest BCUT2D eigenvalue weighted by Gasteiger charge is 2.63. The first-order valence-electron chi connectivity index (χ1n) is 7.27. The molecule has 0 amide bonds. The largest absolute Gasteiger partial charge is 0.303 e. The molecule has 0 N–H and O–H groups in total. The van der Waals surface area contributed by atoms with Crippen LogP contribution in [0, 0.1) is 34.5 Å². The van der Waals surface area contributed by atoms with E-state index < -0.39 is 0 Å². The van der Waals surface area contributed by atoms with Gasteiger partial charge in [0, 0.05) is 6.42 Å². The van der Waals surface area contributed by atoms with Crippen LogP contribution < -0.4 is 0 Å². The van der Waals surface area contributed by atoms with Gasteiger partial charge in [-0.05, 0) is 53.8 Å². The van der Waals surface area contributed by atoms with Gasteiger partial charge in [-0.15, -0.1) is 0 Å². The van der Waals surface area contributed by atoms with E-state index >= 15 is 0 Å².